The highest BCUT2D eigenvalue weighted by atomic mass is 32.2. The van der Waals surface area contributed by atoms with E-state index in [9.17, 15) is 13.2 Å². The van der Waals surface area contributed by atoms with Crippen molar-refractivity contribution in [1.29, 1.82) is 0 Å². The summed E-state index contributed by atoms with van der Waals surface area (Å²) in [5, 5.41) is 6.89. The minimum Gasteiger partial charge on any atom is -0.345 e. The van der Waals surface area contributed by atoms with E-state index in [1.807, 2.05) is 20.8 Å². The molecule has 0 bridgehead atoms. The number of sulfonamides is 1. The van der Waals surface area contributed by atoms with Gasteiger partial charge in [-0.25, -0.2) is 8.42 Å². The normalized spacial score (nSPS) is 16.3. The molecule has 1 saturated heterocycles. The van der Waals surface area contributed by atoms with Crippen LogP contribution in [0.15, 0.2) is 21.7 Å². The molecule has 2 aromatic rings. The molecular weight excluding hydrogens is 394 g/mol. The quantitative estimate of drug-likeness (QED) is 0.789. The second-order valence-electron chi connectivity index (χ2n) is 9.04. The first-order valence-electron chi connectivity index (χ1n) is 9.66. The fourth-order valence-corrected chi connectivity index (χ4v) is 4.75. The van der Waals surface area contributed by atoms with E-state index in [0.29, 0.717) is 24.8 Å². The van der Waals surface area contributed by atoms with Gasteiger partial charge in [-0.15, -0.1) is 0 Å². The third-order valence-electron chi connectivity index (χ3n) is 4.97. The molecule has 1 aliphatic rings. The zero-order chi connectivity index (χ0) is 21.6. The summed E-state index contributed by atoms with van der Waals surface area (Å²) in [6.07, 6.45) is 3.19. The molecule has 0 aliphatic carbocycles. The van der Waals surface area contributed by atoms with Gasteiger partial charge in [0.05, 0.1) is 5.54 Å². The second-order valence-corrected chi connectivity index (χ2v) is 11.0. The summed E-state index contributed by atoms with van der Waals surface area (Å²) in [7, 11) is -1.94. The van der Waals surface area contributed by atoms with Crippen LogP contribution in [0.25, 0.3) is 0 Å². The van der Waals surface area contributed by atoms with Gasteiger partial charge in [-0.2, -0.15) is 9.29 Å². The molecule has 0 saturated carbocycles. The number of nitrogens with one attached hydrogen (secondary N) is 1. The summed E-state index contributed by atoms with van der Waals surface area (Å²) in [6, 6.07) is 1.41. The van der Waals surface area contributed by atoms with Crippen LogP contribution in [0.1, 0.15) is 69.7 Å². The van der Waals surface area contributed by atoms with E-state index in [1.54, 1.807) is 20.9 Å². The first kappa shape index (κ1) is 21.5. The van der Waals surface area contributed by atoms with Gasteiger partial charge in [-0.3, -0.25) is 4.79 Å². The molecule has 29 heavy (non-hydrogen) atoms. The lowest BCUT2D eigenvalue weighted by Gasteiger charge is -2.22. The van der Waals surface area contributed by atoms with Crippen LogP contribution >= 0.6 is 0 Å². The average molecular weight is 424 g/mol. The van der Waals surface area contributed by atoms with E-state index >= 15 is 0 Å². The van der Waals surface area contributed by atoms with Crippen LogP contribution < -0.4 is 5.32 Å². The maximum absolute atomic E-state index is 12.9. The maximum atomic E-state index is 12.9. The minimum absolute atomic E-state index is 0.124. The van der Waals surface area contributed by atoms with Crippen LogP contribution in [0.2, 0.25) is 0 Å². The van der Waals surface area contributed by atoms with Crippen molar-refractivity contribution >= 4 is 15.9 Å². The van der Waals surface area contributed by atoms with Gasteiger partial charge >= 0.3 is 0 Å². The van der Waals surface area contributed by atoms with Crippen LogP contribution in [0.5, 0.6) is 0 Å². The molecule has 9 nitrogen and oxygen atoms in total. The van der Waals surface area contributed by atoms with Crippen molar-refractivity contribution in [1.82, 2.24) is 24.3 Å². The van der Waals surface area contributed by atoms with E-state index in [1.165, 1.54) is 21.1 Å². The topological polar surface area (TPSA) is 110 Å². The smallest absolute Gasteiger partial charge is 0.268 e. The molecule has 0 radical (unpaired) electrons. The van der Waals surface area contributed by atoms with Gasteiger partial charge in [0.2, 0.25) is 15.9 Å². The van der Waals surface area contributed by atoms with Crippen LogP contribution in [0.3, 0.4) is 0 Å². The highest BCUT2D eigenvalue weighted by molar-refractivity contribution is 7.89. The summed E-state index contributed by atoms with van der Waals surface area (Å²) >= 11 is 0. The number of aromatic nitrogens is 3. The summed E-state index contributed by atoms with van der Waals surface area (Å²) in [5.74, 6) is 0.421. The third-order valence-corrected chi connectivity index (χ3v) is 6.83. The number of carbonyl (C=O) groups is 1. The molecule has 10 heteroatoms. The number of aryl methyl sites for hydroxylation is 1. The number of carbonyl (C=O) groups excluding carboxylic acids is 1. The second kappa shape index (κ2) is 7.24. The molecule has 1 amide bonds. The molecule has 3 heterocycles. The van der Waals surface area contributed by atoms with Crippen molar-refractivity contribution in [3.8, 4) is 0 Å². The first-order valence-corrected chi connectivity index (χ1v) is 11.1. The van der Waals surface area contributed by atoms with E-state index in [-0.39, 0.29) is 16.0 Å². The average Bonchev–Trinajstić information content (AvgIpc) is 3.34. The Kier molecular flexibility index (Phi) is 5.37. The van der Waals surface area contributed by atoms with E-state index in [0.717, 1.165) is 12.8 Å². The van der Waals surface area contributed by atoms with E-state index < -0.39 is 21.5 Å². The predicted molar refractivity (Wildman–Crippen MR) is 107 cm³/mol. The fraction of sp³-hybridized carbons (Fsp3) is 0.632. The number of rotatable bonds is 5. The van der Waals surface area contributed by atoms with Crippen LogP contribution in [-0.4, -0.2) is 46.4 Å². The SMILES string of the molecule is Cn1cc(S(=O)(=O)N2CCCC2)cc1C(=O)NC(C)(C)c1noc(C(C)(C)C)n1. The molecular formula is C19H29N5O4S. The molecule has 0 atom stereocenters. The molecule has 160 valence electrons. The van der Waals surface area contributed by atoms with Crippen molar-refractivity contribution in [2.75, 3.05) is 13.1 Å². The molecule has 1 fully saturated rings. The molecule has 3 rings (SSSR count). The van der Waals surface area contributed by atoms with Gasteiger partial charge in [0.25, 0.3) is 5.91 Å². The van der Waals surface area contributed by atoms with Crippen molar-refractivity contribution in [3.05, 3.63) is 29.7 Å². The van der Waals surface area contributed by atoms with Crippen molar-refractivity contribution in [2.45, 2.75) is 63.3 Å². The zero-order valence-corrected chi connectivity index (χ0v) is 18.6. The van der Waals surface area contributed by atoms with Crippen molar-refractivity contribution in [3.63, 3.8) is 0 Å². The highest BCUT2D eigenvalue weighted by Gasteiger charge is 2.34. The van der Waals surface area contributed by atoms with Gasteiger partial charge in [0, 0.05) is 31.7 Å². The Labute approximate surface area is 171 Å². The molecule has 1 N–H and O–H groups in total. The van der Waals surface area contributed by atoms with Crippen molar-refractivity contribution < 1.29 is 17.7 Å². The highest BCUT2D eigenvalue weighted by Crippen LogP contribution is 2.25. The number of amides is 1. The summed E-state index contributed by atoms with van der Waals surface area (Å²) in [5.41, 5.74) is -0.958. The predicted octanol–water partition coefficient (Wildman–Crippen LogP) is 2.16. The van der Waals surface area contributed by atoms with Crippen molar-refractivity contribution in [2.24, 2.45) is 7.05 Å². The molecule has 0 spiro atoms. The standard InChI is InChI=1S/C19H29N5O4S/c1-18(2,3)17-20-16(22-28-17)19(4,5)21-15(25)14-11-13(12-23(14)6)29(26,27)24-9-7-8-10-24/h11-12H,7-10H2,1-6H3,(H,21,25). The largest absolute Gasteiger partial charge is 0.345 e. The Bertz CT molecular complexity index is 1010. The van der Waals surface area contributed by atoms with E-state index in [4.69, 9.17) is 4.52 Å². The monoisotopic (exact) mass is 423 g/mol. The Morgan fingerprint density at radius 3 is 2.34 bits per heavy atom. The molecule has 2 aromatic heterocycles. The van der Waals surface area contributed by atoms with Gasteiger partial charge < -0.3 is 14.4 Å². The third kappa shape index (κ3) is 4.23. The van der Waals surface area contributed by atoms with Gasteiger partial charge in [-0.1, -0.05) is 25.9 Å². The Hall–Kier alpha value is -2.20. The molecule has 0 unspecified atom stereocenters. The zero-order valence-electron chi connectivity index (χ0n) is 17.8. The van der Waals surface area contributed by atoms with Crippen LogP contribution in [0.4, 0.5) is 0 Å². The Morgan fingerprint density at radius 2 is 1.79 bits per heavy atom. The lowest BCUT2D eigenvalue weighted by Crippen LogP contribution is -2.42. The lowest BCUT2D eigenvalue weighted by molar-refractivity contribution is 0.0899. The summed E-state index contributed by atoms with van der Waals surface area (Å²) in [6.45, 7) is 10.5. The number of hydrogen-bond donors (Lipinski definition) is 1. The molecule has 1 aliphatic heterocycles. The Morgan fingerprint density at radius 1 is 1.17 bits per heavy atom. The van der Waals surface area contributed by atoms with Gasteiger partial charge in [-0.05, 0) is 32.8 Å². The minimum atomic E-state index is -3.59. The summed E-state index contributed by atoms with van der Waals surface area (Å²) in [4.78, 5) is 17.4. The van der Waals surface area contributed by atoms with Crippen LogP contribution in [0, 0.1) is 0 Å². The summed E-state index contributed by atoms with van der Waals surface area (Å²) < 4.78 is 33.9. The fourth-order valence-electron chi connectivity index (χ4n) is 3.16. The van der Waals surface area contributed by atoms with Gasteiger partial charge in [0.1, 0.15) is 10.6 Å². The molecule has 0 aromatic carbocycles. The number of hydrogen-bond acceptors (Lipinski definition) is 6. The Balaban J connectivity index is 1.82. The maximum Gasteiger partial charge on any atom is 0.268 e. The van der Waals surface area contributed by atoms with Gasteiger partial charge in [0.15, 0.2) is 5.82 Å². The lowest BCUT2D eigenvalue weighted by atomic mass is 9.97. The first-order chi connectivity index (χ1) is 13.3. The number of nitrogens with zero attached hydrogens (tertiary/aromatic N) is 4. The van der Waals surface area contributed by atoms with E-state index in [2.05, 4.69) is 15.5 Å². The van der Waals surface area contributed by atoms with Crippen LogP contribution in [-0.2, 0) is 28.0 Å².